The summed E-state index contributed by atoms with van der Waals surface area (Å²) in [5.74, 6) is 0.0116. The van der Waals surface area contributed by atoms with Crippen molar-refractivity contribution in [1.82, 2.24) is 0 Å². The molecule has 0 amide bonds. The number of carbonyl (C=O) groups is 1. The zero-order valence-electron chi connectivity index (χ0n) is 10.0. The third kappa shape index (κ3) is 4.15. The predicted molar refractivity (Wildman–Crippen MR) is 67.7 cm³/mol. The molecular formula is C14H21NO. The maximum Gasteiger partial charge on any atom is 0.176 e. The summed E-state index contributed by atoms with van der Waals surface area (Å²) in [5.41, 5.74) is 7.34. The average molecular weight is 219 g/mol. The highest BCUT2D eigenvalue weighted by atomic mass is 16.1. The van der Waals surface area contributed by atoms with Crippen LogP contribution in [-0.4, -0.2) is 12.3 Å². The molecule has 2 nitrogen and oxygen atoms in total. The molecule has 0 heterocycles. The Morgan fingerprint density at radius 3 is 2.38 bits per heavy atom. The van der Waals surface area contributed by atoms with Crippen LogP contribution in [0.15, 0.2) is 24.3 Å². The van der Waals surface area contributed by atoms with E-state index in [1.165, 1.54) is 31.2 Å². The molecule has 0 aliphatic heterocycles. The number of nitrogens with two attached hydrogens (primary N) is 1. The molecule has 2 heteroatoms. The van der Waals surface area contributed by atoms with E-state index in [1.54, 1.807) is 0 Å². The normalized spacial score (nSPS) is 10.4. The maximum atomic E-state index is 11.3. The first-order valence-corrected chi connectivity index (χ1v) is 6.10. The molecule has 0 saturated heterocycles. The van der Waals surface area contributed by atoms with Gasteiger partial charge in [-0.3, -0.25) is 4.79 Å². The van der Waals surface area contributed by atoms with Gasteiger partial charge in [-0.15, -0.1) is 0 Å². The standard InChI is InChI=1S/C14H21NO/c1-2-3-4-5-6-12-7-9-13(10-8-12)14(16)11-15/h7-10H,2-6,11,15H2,1H3. The highest BCUT2D eigenvalue weighted by molar-refractivity contribution is 5.97. The Labute approximate surface area is 97.9 Å². The SMILES string of the molecule is CCCCCCc1ccc(C(=O)CN)cc1. The van der Waals surface area contributed by atoms with Gasteiger partial charge in [0.2, 0.25) is 0 Å². The number of carbonyl (C=O) groups excluding carboxylic acids is 1. The molecule has 1 aromatic rings. The molecule has 0 aromatic heterocycles. The van der Waals surface area contributed by atoms with Crippen LogP contribution < -0.4 is 5.73 Å². The minimum absolute atomic E-state index is 0.0116. The van der Waals surface area contributed by atoms with Crippen molar-refractivity contribution in [3.63, 3.8) is 0 Å². The van der Waals surface area contributed by atoms with Crippen LogP contribution >= 0.6 is 0 Å². The van der Waals surface area contributed by atoms with E-state index in [1.807, 2.05) is 24.3 Å². The van der Waals surface area contributed by atoms with Gasteiger partial charge in [0.05, 0.1) is 6.54 Å². The summed E-state index contributed by atoms with van der Waals surface area (Å²) in [4.78, 5) is 11.3. The second-order valence-electron chi connectivity index (χ2n) is 4.13. The molecule has 0 radical (unpaired) electrons. The summed E-state index contributed by atoms with van der Waals surface area (Å²) < 4.78 is 0. The maximum absolute atomic E-state index is 11.3. The number of hydrogen-bond donors (Lipinski definition) is 1. The lowest BCUT2D eigenvalue weighted by molar-refractivity contribution is 0.100. The van der Waals surface area contributed by atoms with Gasteiger partial charge in [-0.2, -0.15) is 0 Å². The van der Waals surface area contributed by atoms with Gasteiger partial charge in [-0.25, -0.2) is 0 Å². The molecule has 0 unspecified atom stereocenters. The molecule has 1 aromatic carbocycles. The summed E-state index contributed by atoms with van der Waals surface area (Å²) in [5, 5.41) is 0. The van der Waals surface area contributed by atoms with Crippen LogP contribution in [0.2, 0.25) is 0 Å². The molecule has 0 bridgehead atoms. The van der Waals surface area contributed by atoms with Crippen LogP contribution in [0, 0.1) is 0 Å². The van der Waals surface area contributed by atoms with Crippen molar-refractivity contribution < 1.29 is 4.79 Å². The third-order valence-electron chi connectivity index (χ3n) is 2.78. The molecule has 16 heavy (non-hydrogen) atoms. The Hall–Kier alpha value is -1.15. The minimum atomic E-state index is 0.0116. The Balaban J connectivity index is 2.42. The lowest BCUT2D eigenvalue weighted by atomic mass is 10.0. The molecule has 1 rings (SSSR count). The lowest BCUT2D eigenvalue weighted by Gasteiger charge is -2.02. The minimum Gasteiger partial charge on any atom is -0.324 e. The van der Waals surface area contributed by atoms with Crippen LogP contribution in [0.3, 0.4) is 0 Å². The van der Waals surface area contributed by atoms with E-state index >= 15 is 0 Å². The number of benzene rings is 1. The fourth-order valence-corrected chi connectivity index (χ4v) is 1.73. The summed E-state index contributed by atoms with van der Waals surface area (Å²) in [6, 6.07) is 7.83. The van der Waals surface area contributed by atoms with Gasteiger partial charge >= 0.3 is 0 Å². The largest absolute Gasteiger partial charge is 0.324 e. The average Bonchev–Trinajstić information content (AvgIpc) is 2.34. The van der Waals surface area contributed by atoms with Gasteiger partial charge in [0.1, 0.15) is 0 Å². The second kappa shape index (κ2) is 7.18. The van der Waals surface area contributed by atoms with Crippen LogP contribution in [-0.2, 0) is 6.42 Å². The quantitative estimate of drug-likeness (QED) is 0.566. The summed E-state index contributed by atoms with van der Waals surface area (Å²) in [6.07, 6.45) is 6.21. The highest BCUT2D eigenvalue weighted by Gasteiger charge is 2.02. The van der Waals surface area contributed by atoms with Gasteiger partial charge in [0.25, 0.3) is 0 Å². The van der Waals surface area contributed by atoms with Crippen molar-refractivity contribution in [3.8, 4) is 0 Å². The Morgan fingerprint density at radius 1 is 1.12 bits per heavy atom. The Morgan fingerprint density at radius 2 is 1.81 bits per heavy atom. The number of unbranched alkanes of at least 4 members (excludes halogenated alkanes) is 3. The van der Waals surface area contributed by atoms with Crippen molar-refractivity contribution in [3.05, 3.63) is 35.4 Å². The number of ketones is 1. The van der Waals surface area contributed by atoms with Crippen molar-refractivity contribution >= 4 is 5.78 Å². The topological polar surface area (TPSA) is 43.1 Å². The summed E-state index contributed by atoms with van der Waals surface area (Å²) in [6.45, 7) is 2.31. The van der Waals surface area contributed by atoms with E-state index in [9.17, 15) is 4.79 Å². The van der Waals surface area contributed by atoms with E-state index < -0.39 is 0 Å². The van der Waals surface area contributed by atoms with E-state index in [-0.39, 0.29) is 12.3 Å². The first-order valence-electron chi connectivity index (χ1n) is 6.10. The Kier molecular flexibility index (Phi) is 5.79. The third-order valence-corrected chi connectivity index (χ3v) is 2.78. The number of aryl methyl sites for hydroxylation is 1. The molecule has 0 fully saturated rings. The Bertz CT molecular complexity index is 316. The highest BCUT2D eigenvalue weighted by Crippen LogP contribution is 2.09. The lowest BCUT2D eigenvalue weighted by Crippen LogP contribution is -2.13. The fourth-order valence-electron chi connectivity index (χ4n) is 1.73. The molecule has 0 aliphatic rings. The smallest absolute Gasteiger partial charge is 0.176 e. The van der Waals surface area contributed by atoms with Crippen LogP contribution in [0.5, 0.6) is 0 Å². The predicted octanol–water partition coefficient (Wildman–Crippen LogP) is 2.95. The monoisotopic (exact) mass is 219 g/mol. The number of hydrogen-bond acceptors (Lipinski definition) is 2. The molecular weight excluding hydrogens is 198 g/mol. The zero-order valence-corrected chi connectivity index (χ0v) is 10.0. The number of rotatable bonds is 7. The van der Waals surface area contributed by atoms with E-state index in [0.29, 0.717) is 0 Å². The first-order chi connectivity index (χ1) is 7.77. The molecule has 2 N–H and O–H groups in total. The molecule has 0 aliphatic carbocycles. The zero-order chi connectivity index (χ0) is 11.8. The fraction of sp³-hybridized carbons (Fsp3) is 0.500. The van der Waals surface area contributed by atoms with Crippen molar-refractivity contribution in [2.75, 3.05) is 6.54 Å². The van der Waals surface area contributed by atoms with E-state index in [2.05, 4.69) is 6.92 Å². The summed E-state index contributed by atoms with van der Waals surface area (Å²) >= 11 is 0. The van der Waals surface area contributed by atoms with Crippen LogP contribution in [0.4, 0.5) is 0 Å². The molecule has 0 saturated carbocycles. The van der Waals surface area contributed by atoms with Gasteiger partial charge in [0, 0.05) is 5.56 Å². The van der Waals surface area contributed by atoms with Gasteiger partial charge in [-0.05, 0) is 18.4 Å². The van der Waals surface area contributed by atoms with Gasteiger partial charge < -0.3 is 5.73 Å². The first kappa shape index (κ1) is 12.9. The van der Waals surface area contributed by atoms with Gasteiger partial charge in [0.15, 0.2) is 5.78 Å². The van der Waals surface area contributed by atoms with Crippen molar-refractivity contribution in [2.24, 2.45) is 5.73 Å². The van der Waals surface area contributed by atoms with Crippen LogP contribution in [0.25, 0.3) is 0 Å². The molecule has 0 spiro atoms. The second-order valence-corrected chi connectivity index (χ2v) is 4.13. The number of Topliss-reactive ketones (excluding diaryl/α,β-unsaturated/α-hetero) is 1. The van der Waals surface area contributed by atoms with Crippen molar-refractivity contribution in [2.45, 2.75) is 39.0 Å². The molecule has 88 valence electrons. The van der Waals surface area contributed by atoms with Crippen LogP contribution in [0.1, 0.15) is 48.5 Å². The summed E-state index contributed by atoms with van der Waals surface area (Å²) in [7, 11) is 0. The van der Waals surface area contributed by atoms with E-state index in [4.69, 9.17) is 5.73 Å². The van der Waals surface area contributed by atoms with Gasteiger partial charge in [-0.1, -0.05) is 50.5 Å². The molecule has 0 atom stereocenters. The van der Waals surface area contributed by atoms with Crippen molar-refractivity contribution in [1.29, 1.82) is 0 Å². The van der Waals surface area contributed by atoms with E-state index in [0.717, 1.165) is 12.0 Å².